The van der Waals surface area contributed by atoms with Crippen molar-refractivity contribution in [3.63, 3.8) is 0 Å². The lowest BCUT2D eigenvalue weighted by Crippen LogP contribution is -2.36. The van der Waals surface area contributed by atoms with Gasteiger partial charge in [0.05, 0.1) is 38.7 Å². The van der Waals surface area contributed by atoms with E-state index in [0.717, 1.165) is 6.42 Å². The number of aliphatic hydroxyl groups is 1. The first-order valence-corrected chi connectivity index (χ1v) is 8.97. The van der Waals surface area contributed by atoms with Gasteiger partial charge in [-0.1, -0.05) is 12.1 Å². The molecule has 0 aromatic heterocycles. The van der Waals surface area contributed by atoms with E-state index in [0.29, 0.717) is 18.4 Å². The molecule has 0 saturated carbocycles. The summed E-state index contributed by atoms with van der Waals surface area (Å²) in [6, 6.07) is 3.46. The summed E-state index contributed by atoms with van der Waals surface area (Å²) in [5, 5.41) is 12.2. The Morgan fingerprint density at radius 3 is 2.70 bits per heavy atom. The number of benzene rings is 1. The number of rotatable bonds is 12. The van der Waals surface area contributed by atoms with Gasteiger partial charge in [0, 0.05) is 0 Å². The molecule has 2 N–H and O–H groups in total. The van der Waals surface area contributed by atoms with Crippen LogP contribution in [0.2, 0.25) is 0 Å². The van der Waals surface area contributed by atoms with Crippen LogP contribution in [0.1, 0.15) is 44.2 Å². The van der Waals surface area contributed by atoms with Crippen LogP contribution in [-0.4, -0.2) is 37.3 Å². The zero-order valence-electron chi connectivity index (χ0n) is 15.9. The molecular weight excluding hydrogens is 353 g/mol. The van der Waals surface area contributed by atoms with E-state index in [2.05, 4.69) is 11.9 Å². The summed E-state index contributed by atoms with van der Waals surface area (Å²) in [4.78, 5) is 24.4. The van der Waals surface area contributed by atoms with Crippen LogP contribution >= 0.6 is 0 Å². The zero-order chi connectivity index (χ0) is 20.2. The van der Waals surface area contributed by atoms with E-state index in [1.807, 2.05) is 0 Å². The number of carbonyl (C=O) groups excluding carboxylic acids is 2. The number of ether oxygens (including phenoxy) is 2. The molecule has 1 aromatic carbocycles. The number of unbranched alkanes of at least 4 members (excludes halogenated alkanes) is 1. The second-order valence-corrected chi connectivity index (χ2v) is 6.06. The average Bonchev–Trinajstić information content (AvgIpc) is 2.64. The number of carbonyl (C=O) groups is 2. The molecule has 0 heterocycles. The molecule has 1 unspecified atom stereocenters. The van der Waals surface area contributed by atoms with Gasteiger partial charge >= 0.3 is 5.97 Å². The number of aliphatic hydroxyl groups excluding tert-OH is 1. The fourth-order valence-electron chi connectivity index (χ4n) is 2.64. The number of allylic oxidation sites excluding steroid dienone is 1. The highest BCUT2D eigenvalue weighted by Crippen LogP contribution is 2.25. The van der Waals surface area contributed by atoms with E-state index < -0.39 is 29.7 Å². The van der Waals surface area contributed by atoms with Crippen LogP contribution < -0.4 is 10.1 Å². The summed E-state index contributed by atoms with van der Waals surface area (Å²) in [7, 11) is 1.35. The second kappa shape index (κ2) is 12.1. The molecule has 6 nitrogen and oxygen atoms in total. The van der Waals surface area contributed by atoms with E-state index in [9.17, 15) is 19.1 Å². The van der Waals surface area contributed by atoms with E-state index in [1.165, 1.54) is 19.2 Å². The second-order valence-electron chi connectivity index (χ2n) is 6.06. The van der Waals surface area contributed by atoms with Crippen molar-refractivity contribution in [1.29, 1.82) is 0 Å². The Balaban J connectivity index is 2.96. The lowest BCUT2D eigenvalue weighted by atomic mass is 9.98. The molecule has 27 heavy (non-hydrogen) atoms. The Kier molecular flexibility index (Phi) is 10.1. The van der Waals surface area contributed by atoms with Gasteiger partial charge in [-0.05, 0) is 43.9 Å². The number of esters is 1. The van der Waals surface area contributed by atoms with E-state index in [4.69, 9.17) is 9.47 Å². The molecule has 0 spiro atoms. The quantitative estimate of drug-likeness (QED) is 0.330. The van der Waals surface area contributed by atoms with Crippen LogP contribution in [-0.2, 0) is 14.3 Å². The molecule has 0 aliphatic rings. The Morgan fingerprint density at radius 2 is 2.15 bits per heavy atom. The van der Waals surface area contributed by atoms with Gasteiger partial charge in [0.25, 0.3) is 0 Å². The molecule has 1 rings (SSSR count). The van der Waals surface area contributed by atoms with E-state index >= 15 is 0 Å². The maximum Gasteiger partial charge on any atom is 0.308 e. The van der Waals surface area contributed by atoms with E-state index in [-0.39, 0.29) is 25.4 Å². The van der Waals surface area contributed by atoms with Crippen molar-refractivity contribution in [3.05, 3.63) is 42.2 Å². The summed E-state index contributed by atoms with van der Waals surface area (Å²) in [6.45, 7) is 5.20. The van der Waals surface area contributed by atoms with Crippen LogP contribution in [0, 0.1) is 11.7 Å². The molecular formula is C20H28FNO5. The van der Waals surface area contributed by atoms with Gasteiger partial charge in [0.15, 0.2) is 11.6 Å². The lowest BCUT2D eigenvalue weighted by molar-refractivity contribution is -0.144. The van der Waals surface area contributed by atoms with Crippen LogP contribution in [0.3, 0.4) is 0 Å². The van der Waals surface area contributed by atoms with Gasteiger partial charge in [-0.3, -0.25) is 9.59 Å². The summed E-state index contributed by atoms with van der Waals surface area (Å²) >= 11 is 0. The highest BCUT2D eigenvalue weighted by Gasteiger charge is 2.24. The van der Waals surface area contributed by atoms with Gasteiger partial charge in [-0.15, -0.1) is 6.58 Å². The first-order chi connectivity index (χ1) is 13.0. The molecule has 1 amide bonds. The molecule has 0 fully saturated rings. The van der Waals surface area contributed by atoms with Gasteiger partial charge in [0.1, 0.15) is 0 Å². The molecule has 2 atom stereocenters. The van der Waals surface area contributed by atoms with Crippen molar-refractivity contribution in [1.82, 2.24) is 5.32 Å². The zero-order valence-corrected chi connectivity index (χ0v) is 15.9. The highest BCUT2D eigenvalue weighted by molar-refractivity contribution is 5.80. The van der Waals surface area contributed by atoms with Gasteiger partial charge in [0.2, 0.25) is 5.91 Å². The molecule has 1 aromatic rings. The van der Waals surface area contributed by atoms with Gasteiger partial charge < -0.3 is 19.9 Å². The first-order valence-electron chi connectivity index (χ1n) is 8.97. The lowest BCUT2D eigenvalue weighted by Gasteiger charge is -2.22. The van der Waals surface area contributed by atoms with Crippen LogP contribution in [0.5, 0.6) is 5.75 Å². The SMILES string of the molecule is C=CCCCC(CO)C(=O)N[C@@H](CC(=O)OCC)c1ccc(OC)c(F)c1. The van der Waals surface area contributed by atoms with Crippen LogP contribution in [0.4, 0.5) is 4.39 Å². The maximum absolute atomic E-state index is 14.1. The van der Waals surface area contributed by atoms with Crippen molar-refractivity contribution in [2.24, 2.45) is 5.92 Å². The molecule has 0 saturated heterocycles. The number of methoxy groups -OCH3 is 1. The normalized spacial score (nSPS) is 12.7. The molecule has 0 aliphatic carbocycles. The van der Waals surface area contributed by atoms with Gasteiger partial charge in [-0.25, -0.2) is 4.39 Å². The number of amides is 1. The minimum absolute atomic E-state index is 0.0672. The number of hydrogen-bond donors (Lipinski definition) is 2. The minimum Gasteiger partial charge on any atom is -0.494 e. The van der Waals surface area contributed by atoms with Crippen LogP contribution in [0.25, 0.3) is 0 Å². The van der Waals surface area contributed by atoms with E-state index in [1.54, 1.807) is 19.1 Å². The largest absolute Gasteiger partial charge is 0.494 e. The molecule has 0 radical (unpaired) electrons. The highest BCUT2D eigenvalue weighted by atomic mass is 19.1. The summed E-state index contributed by atoms with van der Waals surface area (Å²) in [6.07, 6.45) is 3.53. The summed E-state index contributed by atoms with van der Waals surface area (Å²) < 4.78 is 23.9. The molecule has 150 valence electrons. The molecule has 0 aliphatic heterocycles. The third-order valence-electron chi connectivity index (χ3n) is 4.12. The molecule has 7 heteroatoms. The Bertz CT molecular complexity index is 635. The third kappa shape index (κ3) is 7.38. The fourth-order valence-corrected chi connectivity index (χ4v) is 2.64. The summed E-state index contributed by atoms with van der Waals surface area (Å²) in [5.74, 6) is -2.04. The number of halogens is 1. The number of nitrogens with one attached hydrogen (secondary N) is 1. The standard InChI is InChI=1S/C20H28FNO5/c1-4-6-7-8-15(13-23)20(25)22-17(12-19(24)27-5-2)14-9-10-18(26-3)16(21)11-14/h4,9-11,15,17,23H,1,5-8,12-13H2,2-3H3,(H,22,25)/t15?,17-/m0/s1. The smallest absolute Gasteiger partial charge is 0.308 e. The number of hydrogen-bond acceptors (Lipinski definition) is 5. The Morgan fingerprint density at radius 1 is 1.41 bits per heavy atom. The first kappa shape index (κ1) is 22.6. The third-order valence-corrected chi connectivity index (χ3v) is 4.12. The van der Waals surface area contributed by atoms with Crippen molar-refractivity contribution in [3.8, 4) is 5.75 Å². The predicted octanol–water partition coefficient (Wildman–Crippen LogP) is 2.91. The maximum atomic E-state index is 14.1. The fraction of sp³-hybridized carbons (Fsp3) is 0.500. The molecule has 0 bridgehead atoms. The van der Waals surface area contributed by atoms with Crippen LogP contribution in [0.15, 0.2) is 30.9 Å². The predicted molar refractivity (Wildman–Crippen MR) is 99.7 cm³/mol. The Hall–Kier alpha value is -2.41. The monoisotopic (exact) mass is 381 g/mol. The van der Waals surface area contributed by atoms with Crippen molar-refractivity contribution < 1.29 is 28.6 Å². The summed E-state index contributed by atoms with van der Waals surface area (Å²) in [5.41, 5.74) is 0.414. The topological polar surface area (TPSA) is 84.9 Å². The van der Waals surface area contributed by atoms with Crippen molar-refractivity contribution >= 4 is 11.9 Å². The van der Waals surface area contributed by atoms with Crippen molar-refractivity contribution in [2.45, 2.75) is 38.6 Å². The Labute approximate surface area is 159 Å². The average molecular weight is 381 g/mol. The van der Waals surface area contributed by atoms with Crippen molar-refractivity contribution in [2.75, 3.05) is 20.3 Å². The van der Waals surface area contributed by atoms with Gasteiger partial charge in [-0.2, -0.15) is 0 Å². The minimum atomic E-state index is -0.773.